The number of carbonyl (C=O) groups is 4. The molecule has 0 aromatic carbocycles. The quantitative estimate of drug-likeness (QED) is 0.0222. The van der Waals surface area contributed by atoms with Crippen LogP contribution in [0.1, 0.15) is 394 Å². The largest absolute Gasteiger partial charge is 0.472 e. The van der Waals surface area contributed by atoms with Gasteiger partial charge in [-0.3, -0.25) is 37.3 Å². The van der Waals surface area contributed by atoms with Crippen LogP contribution in [-0.4, -0.2) is 96.7 Å². The van der Waals surface area contributed by atoms with Crippen molar-refractivity contribution in [2.24, 2.45) is 5.92 Å². The molecule has 0 fully saturated rings. The Morgan fingerprint density at radius 1 is 0.287 bits per heavy atom. The highest BCUT2D eigenvalue weighted by Gasteiger charge is 2.30. The van der Waals surface area contributed by atoms with Crippen molar-refractivity contribution < 1.29 is 80.2 Å². The first-order valence-corrected chi connectivity index (χ1v) is 42.1. The van der Waals surface area contributed by atoms with E-state index in [-0.39, 0.29) is 25.7 Å². The van der Waals surface area contributed by atoms with Gasteiger partial charge in [0.15, 0.2) is 12.2 Å². The van der Waals surface area contributed by atoms with Gasteiger partial charge in [-0.15, -0.1) is 0 Å². The lowest BCUT2D eigenvalue weighted by atomic mass is 10.0. The molecule has 558 valence electrons. The van der Waals surface area contributed by atoms with Gasteiger partial charge in [-0.25, -0.2) is 9.13 Å². The van der Waals surface area contributed by atoms with Crippen molar-refractivity contribution in [1.29, 1.82) is 0 Å². The van der Waals surface area contributed by atoms with Gasteiger partial charge in [0.05, 0.1) is 26.4 Å². The van der Waals surface area contributed by atoms with E-state index in [2.05, 4.69) is 34.6 Å². The molecule has 19 heteroatoms. The van der Waals surface area contributed by atoms with Gasteiger partial charge in [0.2, 0.25) is 0 Å². The molecular formula is C75H146O17P2. The molecule has 0 saturated heterocycles. The summed E-state index contributed by atoms with van der Waals surface area (Å²) in [6, 6.07) is 0. The van der Waals surface area contributed by atoms with E-state index >= 15 is 0 Å². The summed E-state index contributed by atoms with van der Waals surface area (Å²) in [6.45, 7) is 7.29. The second kappa shape index (κ2) is 68.2. The van der Waals surface area contributed by atoms with Crippen molar-refractivity contribution in [3.05, 3.63) is 0 Å². The van der Waals surface area contributed by atoms with Gasteiger partial charge < -0.3 is 33.8 Å². The molecule has 0 spiro atoms. The zero-order chi connectivity index (χ0) is 69.1. The van der Waals surface area contributed by atoms with Crippen LogP contribution in [0, 0.1) is 5.92 Å². The molecule has 0 saturated carbocycles. The van der Waals surface area contributed by atoms with Crippen molar-refractivity contribution in [2.45, 2.75) is 412 Å². The Kier molecular flexibility index (Phi) is 66.8. The van der Waals surface area contributed by atoms with Crippen molar-refractivity contribution in [3.63, 3.8) is 0 Å². The normalized spacial score (nSPS) is 14.0. The minimum atomic E-state index is -4.96. The zero-order valence-corrected chi connectivity index (χ0v) is 62.9. The predicted octanol–water partition coefficient (Wildman–Crippen LogP) is 22.1. The smallest absolute Gasteiger partial charge is 0.462 e. The molecule has 0 aliphatic rings. The van der Waals surface area contributed by atoms with Gasteiger partial charge in [-0.2, -0.15) is 0 Å². The molecule has 2 unspecified atom stereocenters. The number of aliphatic hydroxyl groups is 1. The van der Waals surface area contributed by atoms with E-state index in [1.807, 2.05) is 0 Å². The highest BCUT2D eigenvalue weighted by molar-refractivity contribution is 7.47. The predicted molar refractivity (Wildman–Crippen MR) is 382 cm³/mol. The second-order valence-corrected chi connectivity index (χ2v) is 30.4. The number of ether oxygens (including phenoxy) is 4. The number of carbonyl (C=O) groups excluding carboxylic acids is 4. The molecule has 94 heavy (non-hydrogen) atoms. The number of unbranched alkanes of at least 4 members (excludes halogenated alkanes) is 47. The Labute approximate surface area is 575 Å². The van der Waals surface area contributed by atoms with Crippen LogP contribution < -0.4 is 0 Å². The summed E-state index contributed by atoms with van der Waals surface area (Å²) in [7, 11) is -9.91. The average Bonchev–Trinajstić information content (AvgIpc) is 1.18. The van der Waals surface area contributed by atoms with E-state index in [1.165, 1.54) is 218 Å². The minimum Gasteiger partial charge on any atom is -0.462 e. The lowest BCUT2D eigenvalue weighted by Crippen LogP contribution is -2.30. The average molecular weight is 1380 g/mol. The van der Waals surface area contributed by atoms with Crippen LogP contribution in [0.3, 0.4) is 0 Å². The third kappa shape index (κ3) is 68.6. The molecule has 3 N–H and O–H groups in total. The summed E-state index contributed by atoms with van der Waals surface area (Å²) < 4.78 is 68.5. The number of hydrogen-bond donors (Lipinski definition) is 3. The van der Waals surface area contributed by atoms with Gasteiger partial charge in [-0.1, -0.05) is 343 Å². The van der Waals surface area contributed by atoms with E-state index in [9.17, 15) is 43.2 Å². The fourth-order valence-electron chi connectivity index (χ4n) is 11.5. The first-order chi connectivity index (χ1) is 45.5. The molecule has 0 rings (SSSR count). The third-order valence-electron chi connectivity index (χ3n) is 17.5. The van der Waals surface area contributed by atoms with Crippen molar-refractivity contribution in [1.82, 2.24) is 0 Å². The van der Waals surface area contributed by atoms with Gasteiger partial charge >= 0.3 is 39.5 Å². The maximum absolute atomic E-state index is 13.1. The van der Waals surface area contributed by atoms with Gasteiger partial charge in [0, 0.05) is 25.7 Å². The fourth-order valence-corrected chi connectivity index (χ4v) is 13.1. The molecule has 0 aromatic heterocycles. The molecular weight excluding hydrogens is 1230 g/mol. The number of hydrogen-bond acceptors (Lipinski definition) is 15. The fraction of sp³-hybridized carbons (Fsp3) is 0.947. The highest BCUT2D eigenvalue weighted by atomic mass is 31.2. The van der Waals surface area contributed by atoms with Gasteiger partial charge in [-0.05, 0) is 31.6 Å². The van der Waals surface area contributed by atoms with Crippen LogP contribution in [0.15, 0.2) is 0 Å². The highest BCUT2D eigenvalue weighted by Crippen LogP contribution is 2.45. The number of phosphoric ester groups is 2. The lowest BCUT2D eigenvalue weighted by Gasteiger charge is -2.21. The van der Waals surface area contributed by atoms with Crippen molar-refractivity contribution in [3.8, 4) is 0 Å². The van der Waals surface area contributed by atoms with Gasteiger partial charge in [0.25, 0.3) is 0 Å². The van der Waals surface area contributed by atoms with E-state index in [1.54, 1.807) is 0 Å². The van der Waals surface area contributed by atoms with Crippen molar-refractivity contribution in [2.75, 3.05) is 39.6 Å². The Balaban J connectivity index is 5.23. The summed E-state index contributed by atoms with van der Waals surface area (Å²) in [5.41, 5.74) is 0. The molecule has 17 nitrogen and oxygen atoms in total. The molecule has 5 atom stereocenters. The topological polar surface area (TPSA) is 237 Å². The molecule has 0 amide bonds. The Morgan fingerprint density at radius 2 is 0.489 bits per heavy atom. The maximum atomic E-state index is 13.1. The summed E-state index contributed by atoms with van der Waals surface area (Å²) in [5, 5.41) is 10.6. The zero-order valence-electron chi connectivity index (χ0n) is 61.1. The number of esters is 4. The third-order valence-corrected chi connectivity index (χ3v) is 19.4. The summed E-state index contributed by atoms with van der Waals surface area (Å²) in [5.74, 6) is -1.33. The Morgan fingerprint density at radius 3 is 0.723 bits per heavy atom. The Hall–Kier alpha value is -1.94. The maximum Gasteiger partial charge on any atom is 0.472 e. The van der Waals surface area contributed by atoms with Crippen LogP contribution in [0.4, 0.5) is 0 Å². The standard InChI is InChI=1S/C75H146O17P2/c1-6-9-12-15-18-21-23-25-27-28-30-36-41-46-51-56-61-75(80)92-71(65-86-73(78)59-54-49-44-39-34-32-31-33-38-42-47-52-57-68(4)5)67-90-94(83,84)88-63-69(76)62-87-93(81,82)89-66-70(64-85-72(77)58-53-48-43-37-20-17-14-11-8-3)91-74(79)60-55-50-45-40-35-29-26-24-22-19-16-13-10-7-2/h68-71,76H,6-67H2,1-5H3,(H,81,82)(H,83,84)/t69-,70+,71+/m0/s1. The Bertz CT molecular complexity index is 1810. The van der Waals surface area contributed by atoms with Crippen LogP contribution in [0.5, 0.6) is 0 Å². The van der Waals surface area contributed by atoms with E-state index in [4.69, 9.17) is 37.0 Å². The second-order valence-electron chi connectivity index (χ2n) is 27.5. The molecule has 0 heterocycles. The first-order valence-electron chi connectivity index (χ1n) is 39.1. The van der Waals surface area contributed by atoms with E-state index < -0.39 is 97.5 Å². The monoisotopic (exact) mass is 1380 g/mol. The summed E-state index contributed by atoms with van der Waals surface area (Å²) >= 11 is 0. The van der Waals surface area contributed by atoms with Gasteiger partial charge in [0.1, 0.15) is 19.3 Å². The molecule has 0 bridgehead atoms. The molecule has 0 aliphatic heterocycles. The first kappa shape index (κ1) is 92.1. The number of phosphoric acid groups is 2. The van der Waals surface area contributed by atoms with E-state index in [0.29, 0.717) is 25.7 Å². The van der Waals surface area contributed by atoms with Crippen LogP contribution >= 0.6 is 15.6 Å². The van der Waals surface area contributed by atoms with Crippen molar-refractivity contribution >= 4 is 39.5 Å². The molecule has 0 aliphatic carbocycles. The number of rotatable bonds is 75. The summed E-state index contributed by atoms with van der Waals surface area (Å²) in [4.78, 5) is 72.7. The van der Waals surface area contributed by atoms with E-state index in [0.717, 1.165) is 95.8 Å². The lowest BCUT2D eigenvalue weighted by molar-refractivity contribution is -0.161. The van der Waals surface area contributed by atoms with Crippen LogP contribution in [0.25, 0.3) is 0 Å². The molecule has 0 aromatic rings. The minimum absolute atomic E-state index is 0.108. The van der Waals surface area contributed by atoms with Crippen LogP contribution in [-0.2, 0) is 65.4 Å². The molecule has 0 radical (unpaired) electrons. The summed E-state index contributed by atoms with van der Waals surface area (Å²) in [6.07, 6.45) is 56.7. The SMILES string of the molecule is CCCCCCCCCCCCCCCCCCC(=O)O[C@H](COC(=O)CCCCCCCCCCCCCCC(C)C)COP(=O)(O)OC[C@@H](O)COP(=O)(O)OC[C@@H](COC(=O)CCCCCCCCCCC)OC(=O)CCCCCCCCCCCCCCCC. The number of aliphatic hydroxyl groups excluding tert-OH is 1. The van der Waals surface area contributed by atoms with Crippen LogP contribution in [0.2, 0.25) is 0 Å².